The number of benzene rings is 1. The molecule has 2 fully saturated rings. The van der Waals surface area contributed by atoms with Gasteiger partial charge in [-0.15, -0.1) is 0 Å². The largest absolute Gasteiger partial charge is 0.515 e. The molecular weight excluding hydrogens is 314 g/mol. The van der Waals surface area contributed by atoms with E-state index in [9.17, 15) is 18.3 Å². The number of halogens is 1. The fourth-order valence-corrected chi connectivity index (χ4v) is 5.09. The van der Waals surface area contributed by atoms with Crippen molar-refractivity contribution in [2.75, 3.05) is 0 Å². The SMILES string of the molecule is O=C1CC2CCC(C1=CO)N2S(=O)(=O)c1ccc(Cl)cc1. The van der Waals surface area contributed by atoms with Crippen LogP contribution in [0.5, 0.6) is 0 Å². The molecule has 1 aromatic rings. The Morgan fingerprint density at radius 3 is 2.52 bits per heavy atom. The van der Waals surface area contributed by atoms with Gasteiger partial charge in [0.2, 0.25) is 10.0 Å². The van der Waals surface area contributed by atoms with Gasteiger partial charge in [-0.25, -0.2) is 8.42 Å². The van der Waals surface area contributed by atoms with Crippen molar-refractivity contribution in [1.29, 1.82) is 0 Å². The van der Waals surface area contributed by atoms with Crippen LogP contribution in [0.25, 0.3) is 0 Å². The third kappa shape index (κ3) is 2.27. The van der Waals surface area contributed by atoms with E-state index < -0.39 is 16.1 Å². The quantitative estimate of drug-likeness (QED) is 0.668. The second-order valence-electron chi connectivity index (χ2n) is 5.25. The van der Waals surface area contributed by atoms with Gasteiger partial charge >= 0.3 is 0 Å². The van der Waals surface area contributed by atoms with Crippen LogP contribution in [0.1, 0.15) is 19.3 Å². The van der Waals surface area contributed by atoms with Crippen LogP contribution in [-0.2, 0) is 14.8 Å². The molecule has 0 amide bonds. The highest BCUT2D eigenvalue weighted by molar-refractivity contribution is 7.89. The second kappa shape index (κ2) is 5.12. The smallest absolute Gasteiger partial charge is 0.243 e. The van der Waals surface area contributed by atoms with E-state index in [1.165, 1.54) is 28.6 Å². The molecule has 2 atom stereocenters. The molecule has 2 saturated heterocycles. The number of piperidine rings is 1. The normalized spacial score (nSPS) is 28.2. The third-order valence-corrected chi connectivity index (χ3v) is 6.30. The van der Waals surface area contributed by atoms with Crippen molar-refractivity contribution in [2.24, 2.45) is 0 Å². The van der Waals surface area contributed by atoms with Crippen LogP contribution in [0.4, 0.5) is 0 Å². The van der Waals surface area contributed by atoms with E-state index in [-0.39, 0.29) is 28.7 Å². The fourth-order valence-electron chi connectivity index (χ4n) is 3.11. The molecule has 2 bridgehead atoms. The zero-order chi connectivity index (χ0) is 15.2. The van der Waals surface area contributed by atoms with E-state index in [0.717, 1.165) is 6.26 Å². The van der Waals surface area contributed by atoms with Crippen LogP contribution in [0.15, 0.2) is 41.0 Å². The number of aliphatic hydroxyl groups excluding tert-OH is 1. The molecule has 21 heavy (non-hydrogen) atoms. The number of Topliss-reactive ketones (excluding diaryl/α,β-unsaturated/α-hetero) is 1. The molecule has 112 valence electrons. The van der Waals surface area contributed by atoms with Gasteiger partial charge in [-0.3, -0.25) is 4.79 Å². The predicted molar refractivity (Wildman–Crippen MR) is 77.6 cm³/mol. The molecule has 0 radical (unpaired) electrons. The first-order chi connectivity index (χ1) is 9.95. The molecule has 2 aliphatic heterocycles. The number of rotatable bonds is 2. The van der Waals surface area contributed by atoms with Gasteiger partial charge in [0, 0.05) is 23.1 Å². The molecule has 2 aliphatic rings. The summed E-state index contributed by atoms with van der Waals surface area (Å²) in [4.78, 5) is 12.0. The average Bonchev–Trinajstić information content (AvgIpc) is 2.77. The summed E-state index contributed by atoms with van der Waals surface area (Å²) in [5, 5.41) is 9.71. The highest BCUT2D eigenvalue weighted by Crippen LogP contribution is 2.40. The van der Waals surface area contributed by atoms with Gasteiger partial charge in [-0.2, -0.15) is 4.31 Å². The zero-order valence-electron chi connectivity index (χ0n) is 11.1. The van der Waals surface area contributed by atoms with Crippen molar-refractivity contribution >= 4 is 27.4 Å². The van der Waals surface area contributed by atoms with Crippen LogP contribution in [0.2, 0.25) is 5.02 Å². The number of ketones is 1. The molecule has 1 N–H and O–H groups in total. The van der Waals surface area contributed by atoms with Crippen molar-refractivity contribution in [3.8, 4) is 0 Å². The number of hydrogen-bond acceptors (Lipinski definition) is 4. The maximum atomic E-state index is 12.8. The maximum absolute atomic E-state index is 12.8. The van der Waals surface area contributed by atoms with Crippen molar-refractivity contribution < 1.29 is 18.3 Å². The van der Waals surface area contributed by atoms with Gasteiger partial charge in [0.25, 0.3) is 0 Å². The Labute approximate surface area is 127 Å². The fraction of sp³-hybridized carbons (Fsp3) is 0.357. The van der Waals surface area contributed by atoms with Crippen LogP contribution in [-0.4, -0.2) is 35.7 Å². The molecule has 0 aromatic heterocycles. The summed E-state index contributed by atoms with van der Waals surface area (Å²) in [5.74, 6) is -0.174. The van der Waals surface area contributed by atoms with Crippen molar-refractivity contribution in [3.05, 3.63) is 41.1 Å². The Kier molecular flexibility index (Phi) is 3.55. The number of fused-ring (bicyclic) bond motifs is 2. The first-order valence-corrected chi connectivity index (χ1v) is 8.43. The number of nitrogens with zero attached hydrogens (tertiary/aromatic N) is 1. The lowest BCUT2D eigenvalue weighted by atomic mass is 9.99. The molecule has 1 aromatic carbocycles. The molecule has 0 saturated carbocycles. The van der Waals surface area contributed by atoms with Crippen LogP contribution in [0, 0.1) is 0 Å². The molecule has 2 heterocycles. The topological polar surface area (TPSA) is 74.7 Å². The summed E-state index contributed by atoms with van der Waals surface area (Å²) < 4.78 is 26.9. The van der Waals surface area contributed by atoms with Crippen molar-refractivity contribution in [2.45, 2.75) is 36.2 Å². The Bertz CT molecular complexity index is 711. The summed E-state index contributed by atoms with van der Waals surface area (Å²) in [6.45, 7) is 0. The Hall–Kier alpha value is -1.37. The van der Waals surface area contributed by atoms with E-state index in [1.54, 1.807) is 0 Å². The van der Waals surface area contributed by atoms with Crippen molar-refractivity contribution in [3.63, 3.8) is 0 Å². The Morgan fingerprint density at radius 1 is 1.24 bits per heavy atom. The third-order valence-electron chi connectivity index (χ3n) is 4.07. The van der Waals surface area contributed by atoms with E-state index >= 15 is 0 Å². The number of carbonyl (C=O) groups is 1. The molecule has 0 spiro atoms. The van der Waals surface area contributed by atoms with Gasteiger partial charge in [0.15, 0.2) is 5.78 Å². The summed E-state index contributed by atoms with van der Waals surface area (Å²) >= 11 is 5.79. The number of hydrogen-bond donors (Lipinski definition) is 1. The maximum Gasteiger partial charge on any atom is 0.243 e. The van der Waals surface area contributed by atoms with Crippen LogP contribution >= 0.6 is 11.6 Å². The monoisotopic (exact) mass is 327 g/mol. The summed E-state index contributed by atoms with van der Waals surface area (Å²) in [7, 11) is -3.71. The molecule has 0 aliphatic carbocycles. The van der Waals surface area contributed by atoms with Crippen LogP contribution in [0.3, 0.4) is 0 Å². The number of sulfonamides is 1. The summed E-state index contributed by atoms with van der Waals surface area (Å²) in [5.41, 5.74) is 0.182. The first kappa shape index (κ1) is 14.6. The number of carbonyl (C=O) groups excluding carboxylic acids is 1. The first-order valence-electron chi connectivity index (χ1n) is 6.61. The highest BCUT2D eigenvalue weighted by atomic mass is 35.5. The summed E-state index contributed by atoms with van der Waals surface area (Å²) in [6, 6.07) is 5.06. The zero-order valence-corrected chi connectivity index (χ0v) is 12.6. The van der Waals surface area contributed by atoms with Crippen LogP contribution < -0.4 is 0 Å². The number of aliphatic hydroxyl groups is 1. The molecule has 5 nitrogen and oxygen atoms in total. The molecular formula is C14H14ClNO4S. The predicted octanol–water partition coefficient (Wildman–Crippen LogP) is 2.28. The van der Waals surface area contributed by atoms with E-state index in [0.29, 0.717) is 17.9 Å². The van der Waals surface area contributed by atoms with Gasteiger partial charge in [-0.1, -0.05) is 11.6 Å². The van der Waals surface area contributed by atoms with E-state index in [2.05, 4.69) is 0 Å². The van der Waals surface area contributed by atoms with E-state index in [1.807, 2.05) is 0 Å². The lowest BCUT2D eigenvalue weighted by Gasteiger charge is -2.34. The van der Waals surface area contributed by atoms with Gasteiger partial charge in [0.1, 0.15) is 0 Å². The minimum atomic E-state index is -3.71. The highest BCUT2D eigenvalue weighted by Gasteiger charge is 2.49. The summed E-state index contributed by atoms with van der Waals surface area (Å²) in [6.07, 6.45) is 2.05. The van der Waals surface area contributed by atoms with E-state index in [4.69, 9.17) is 11.6 Å². The standard InChI is InChI=1S/C14H14ClNO4S/c15-9-1-4-11(5-2-9)21(19,20)16-10-3-6-13(16)12(8-17)14(18)7-10/h1-2,4-5,8,10,13,17H,3,6-7H2. The lowest BCUT2D eigenvalue weighted by Crippen LogP contribution is -2.48. The van der Waals surface area contributed by atoms with Gasteiger partial charge < -0.3 is 5.11 Å². The minimum absolute atomic E-state index is 0.121. The second-order valence-corrected chi connectivity index (χ2v) is 7.53. The van der Waals surface area contributed by atoms with Crippen molar-refractivity contribution in [1.82, 2.24) is 4.31 Å². The minimum Gasteiger partial charge on any atom is -0.515 e. The lowest BCUT2D eigenvalue weighted by molar-refractivity contribution is -0.117. The molecule has 7 heteroatoms. The molecule has 2 unspecified atom stereocenters. The van der Waals surface area contributed by atoms with Gasteiger partial charge in [-0.05, 0) is 37.1 Å². The van der Waals surface area contributed by atoms with Gasteiger partial charge in [0.05, 0.1) is 17.2 Å². The Balaban J connectivity index is 2.04. The molecule has 3 rings (SSSR count). The Morgan fingerprint density at radius 2 is 1.90 bits per heavy atom. The average molecular weight is 328 g/mol.